The molecule has 0 spiro atoms. The fourth-order valence-electron chi connectivity index (χ4n) is 1.47. The molecule has 73 valence electrons. The molecule has 3 heteroatoms. The molecule has 0 bridgehead atoms. The smallest absolute Gasteiger partial charge is 0.224 e. The Labute approximate surface area is 88.1 Å². The summed E-state index contributed by atoms with van der Waals surface area (Å²) in [4.78, 5) is 11.1. The van der Waals surface area contributed by atoms with Crippen molar-refractivity contribution in [2.75, 3.05) is 0 Å². The Morgan fingerprint density at radius 1 is 1.36 bits per heavy atom. The molecule has 2 nitrogen and oxygen atoms in total. The lowest BCUT2D eigenvalue weighted by Gasteiger charge is -2.09. The van der Waals surface area contributed by atoms with Crippen molar-refractivity contribution in [2.24, 2.45) is 11.1 Å². The van der Waals surface area contributed by atoms with E-state index < -0.39 is 0 Å². The van der Waals surface area contributed by atoms with Gasteiger partial charge in [0, 0.05) is 11.4 Å². The normalized spacial score (nSPS) is 17.8. The standard InChI is InChI=1S/C11H11ClNO/c12-9-3-1-8(2-4-9)7-11(5-6-11)10(13)14/h1-4,7H,5-6H2,(H2,13,14). The largest absolute Gasteiger partial charge is 0.369 e. The lowest BCUT2D eigenvalue weighted by molar-refractivity contribution is -0.121. The molecule has 1 fully saturated rings. The van der Waals surface area contributed by atoms with Gasteiger partial charge in [-0.15, -0.1) is 0 Å². The molecule has 1 radical (unpaired) electrons. The minimum Gasteiger partial charge on any atom is -0.369 e. The van der Waals surface area contributed by atoms with E-state index in [1.165, 1.54) is 0 Å². The maximum absolute atomic E-state index is 11.1. The van der Waals surface area contributed by atoms with Gasteiger partial charge >= 0.3 is 0 Å². The van der Waals surface area contributed by atoms with E-state index in [9.17, 15) is 4.79 Å². The molecule has 0 saturated heterocycles. The molecule has 1 amide bonds. The first-order valence-electron chi connectivity index (χ1n) is 4.54. The Hall–Kier alpha value is -1.02. The maximum Gasteiger partial charge on any atom is 0.224 e. The summed E-state index contributed by atoms with van der Waals surface area (Å²) < 4.78 is 0. The van der Waals surface area contributed by atoms with Gasteiger partial charge in [0.15, 0.2) is 0 Å². The Kier molecular flexibility index (Phi) is 2.23. The summed E-state index contributed by atoms with van der Waals surface area (Å²) in [6.45, 7) is 0. The third-order valence-corrected chi connectivity index (χ3v) is 2.84. The summed E-state index contributed by atoms with van der Waals surface area (Å²) in [7, 11) is 0. The number of primary amides is 1. The molecule has 2 N–H and O–H groups in total. The molecule has 0 unspecified atom stereocenters. The average Bonchev–Trinajstić information content (AvgIpc) is 2.90. The predicted octanol–water partition coefficient (Wildman–Crippen LogP) is 2.16. The van der Waals surface area contributed by atoms with Crippen LogP contribution in [0.4, 0.5) is 0 Å². The number of carbonyl (C=O) groups is 1. The molecular formula is C11H11ClNO. The van der Waals surface area contributed by atoms with Crippen molar-refractivity contribution < 1.29 is 4.79 Å². The van der Waals surface area contributed by atoms with Gasteiger partial charge in [0.2, 0.25) is 5.91 Å². The van der Waals surface area contributed by atoms with Crippen molar-refractivity contribution >= 4 is 17.5 Å². The van der Waals surface area contributed by atoms with E-state index >= 15 is 0 Å². The van der Waals surface area contributed by atoms with Gasteiger partial charge in [-0.2, -0.15) is 0 Å². The third kappa shape index (κ3) is 1.75. The van der Waals surface area contributed by atoms with Crippen molar-refractivity contribution in [3.8, 4) is 0 Å². The second kappa shape index (κ2) is 3.28. The van der Waals surface area contributed by atoms with Crippen LogP contribution in [0.25, 0.3) is 0 Å². The number of hydrogen-bond donors (Lipinski definition) is 1. The quantitative estimate of drug-likeness (QED) is 0.813. The van der Waals surface area contributed by atoms with Gasteiger partial charge in [-0.1, -0.05) is 23.7 Å². The summed E-state index contributed by atoms with van der Waals surface area (Å²) >= 11 is 5.76. The van der Waals surface area contributed by atoms with Crippen LogP contribution in [0.1, 0.15) is 18.4 Å². The lowest BCUT2D eigenvalue weighted by Crippen LogP contribution is -2.25. The number of amides is 1. The third-order valence-electron chi connectivity index (χ3n) is 2.59. The second-order valence-electron chi connectivity index (χ2n) is 3.72. The van der Waals surface area contributed by atoms with Crippen LogP contribution in [0.5, 0.6) is 0 Å². The predicted molar refractivity (Wildman–Crippen MR) is 55.7 cm³/mol. The topological polar surface area (TPSA) is 43.1 Å². The van der Waals surface area contributed by atoms with E-state index in [1.54, 1.807) is 0 Å². The first kappa shape index (κ1) is 9.53. The highest BCUT2D eigenvalue weighted by molar-refractivity contribution is 6.30. The Bertz CT molecular complexity index is 354. The zero-order chi connectivity index (χ0) is 10.2. The van der Waals surface area contributed by atoms with Crippen LogP contribution in [0.3, 0.4) is 0 Å². The van der Waals surface area contributed by atoms with Crippen molar-refractivity contribution in [1.82, 2.24) is 0 Å². The van der Waals surface area contributed by atoms with Gasteiger partial charge in [0.05, 0.1) is 5.41 Å². The summed E-state index contributed by atoms with van der Waals surface area (Å²) in [5.74, 6) is -0.229. The number of halogens is 1. The molecule has 2 rings (SSSR count). The highest BCUT2D eigenvalue weighted by Gasteiger charge is 2.48. The van der Waals surface area contributed by atoms with Crippen LogP contribution in [0.2, 0.25) is 5.02 Å². The second-order valence-corrected chi connectivity index (χ2v) is 4.15. The van der Waals surface area contributed by atoms with Crippen LogP contribution >= 0.6 is 11.6 Å². The highest BCUT2D eigenvalue weighted by atomic mass is 35.5. The minimum absolute atomic E-state index is 0.229. The molecule has 1 saturated carbocycles. The molecule has 1 aromatic rings. The summed E-state index contributed by atoms with van der Waals surface area (Å²) in [5.41, 5.74) is 5.94. The molecule has 1 aromatic carbocycles. The first-order valence-corrected chi connectivity index (χ1v) is 4.92. The van der Waals surface area contributed by atoms with Crippen LogP contribution in [0.15, 0.2) is 24.3 Å². The summed E-state index contributed by atoms with van der Waals surface area (Å²) in [6.07, 6.45) is 3.67. The minimum atomic E-state index is -0.381. The van der Waals surface area contributed by atoms with Gasteiger partial charge in [-0.05, 0) is 30.5 Å². The molecule has 14 heavy (non-hydrogen) atoms. The Morgan fingerprint density at radius 3 is 2.36 bits per heavy atom. The van der Waals surface area contributed by atoms with Crippen molar-refractivity contribution in [1.29, 1.82) is 0 Å². The van der Waals surface area contributed by atoms with Crippen LogP contribution in [-0.2, 0) is 4.79 Å². The maximum atomic E-state index is 11.1. The number of rotatable bonds is 3. The molecule has 1 aliphatic carbocycles. The van der Waals surface area contributed by atoms with Crippen molar-refractivity contribution in [2.45, 2.75) is 12.8 Å². The van der Waals surface area contributed by atoms with E-state index in [-0.39, 0.29) is 11.3 Å². The summed E-state index contributed by atoms with van der Waals surface area (Å²) in [6, 6.07) is 7.41. The lowest BCUT2D eigenvalue weighted by atomic mass is 9.96. The molecule has 1 aliphatic rings. The monoisotopic (exact) mass is 208 g/mol. The average molecular weight is 209 g/mol. The highest BCUT2D eigenvalue weighted by Crippen LogP contribution is 2.49. The number of carbonyl (C=O) groups excluding carboxylic acids is 1. The van der Waals surface area contributed by atoms with Gasteiger partial charge in [0.25, 0.3) is 0 Å². The van der Waals surface area contributed by atoms with E-state index in [0.717, 1.165) is 18.4 Å². The van der Waals surface area contributed by atoms with E-state index in [1.807, 2.05) is 30.7 Å². The first-order chi connectivity index (χ1) is 6.62. The van der Waals surface area contributed by atoms with E-state index in [0.29, 0.717) is 5.02 Å². The Morgan fingerprint density at radius 2 is 1.93 bits per heavy atom. The zero-order valence-corrected chi connectivity index (χ0v) is 8.42. The van der Waals surface area contributed by atoms with Crippen LogP contribution in [0, 0.1) is 11.8 Å². The molecule has 0 aromatic heterocycles. The number of benzene rings is 1. The van der Waals surface area contributed by atoms with E-state index in [2.05, 4.69) is 0 Å². The fraction of sp³-hybridized carbons (Fsp3) is 0.273. The number of nitrogens with two attached hydrogens (primary N) is 1. The van der Waals surface area contributed by atoms with Crippen molar-refractivity contribution in [3.05, 3.63) is 41.3 Å². The van der Waals surface area contributed by atoms with Crippen molar-refractivity contribution in [3.63, 3.8) is 0 Å². The van der Waals surface area contributed by atoms with Crippen LogP contribution in [-0.4, -0.2) is 5.91 Å². The Balaban J connectivity index is 2.11. The van der Waals surface area contributed by atoms with Gasteiger partial charge in [0.1, 0.15) is 0 Å². The van der Waals surface area contributed by atoms with Gasteiger partial charge < -0.3 is 5.73 Å². The molecular weight excluding hydrogens is 198 g/mol. The molecule has 0 aliphatic heterocycles. The van der Waals surface area contributed by atoms with Crippen LogP contribution < -0.4 is 5.73 Å². The van der Waals surface area contributed by atoms with E-state index in [4.69, 9.17) is 17.3 Å². The summed E-state index contributed by atoms with van der Waals surface area (Å²) in [5, 5.41) is 0.700. The SMILES string of the molecule is NC(=O)C1([CH]c2ccc(Cl)cc2)CC1. The molecule has 0 atom stereocenters. The number of hydrogen-bond acceptors (Lipinski definition) is 1. The van der Waals surface area contributed by atoms with Gasteiger partial charge in [-0.25, -0.2) is 0 Å². The van der Waals surface area contributed by atoms with Gasteiger partial charge in [-0.3, -0.25) is 4.79 Å². The fourth-order valence-corrected chi connectivity index (χ4v) is 1.60. The molecule has 0 heterocycles. The zero-order valence-electron chi connectivity index (χ0n) is 7.66.